The molecule has 0 rings (SSSR count). The molecule has 0 heterocycles. The van der Waals surface area contributed by atoms with Crippen LogP contribution in [0.3, 0.4) is 0 Å². The Labute approximate surface area is 431 Å². The van der Waals surface area contributed by atoms with E-state index in [1.54, 1.807) is 0 Å². The van der Waals surface area contributed by atoms with Gasteiger partial charge in [0.05, 0.1) is 25.4 Å². The molecule has 3 N–H and O–H groups in total. The van der Waals surface area contributed by atoms with E-state index in [4.69, 9.17) is 4.74 Å². The van der Waals surface area contributed by atoms with Crippen molar-refractivity contribution in [2.75, 3.05) is 13.2 Å². The van der Waals surface area contributed by atoms with E-state index in [-0.39, 0.29) is 18.5 Å². The van der Waals surface area contributed by atoms with Gasteiger partial charge in [-0.15, -0.1) is 0 Å². The zero-order valence-corrected chi connectivity index (χ0v) is 46.6. The van der Waals surface area contributed by atoms with Crippen LogP contribution in [0.1, 0.15) is 341 Å². The predicted molar refractivity (Wildman–Crippen MR) is 301 cm³/mol. The van der Waals surface area contributed by atoms with Gasteiger partial charge in [0.25, 0.3) is 0 Å². The van der Waals surface area contributed by atoms with Gasteiger partial charge in [0.1, 0.15) is 0 Å². The van der Waals surface area contributed by atoms with E-state index in [9.17, 15) is 19.8 Å². The minimum absolute atomic E-state index is 0.0109. The second kappa shape index (κ2) is 58.9. The van der Waals surface area contributed by atoms with Crippen LogP contribution in [-0.2, 0) is 14.3 Å². The Morgan fingerprint density at radius 2 is 0.725 bits per heavy atom. The molecule has 1 amide bonds. The summed E-state index contributed by atoms with van der Waals surface area (Å²) < 4.78 is 5.47. The summed E-state index contributed by atoms with van der Waals surface area (Å²) in [5.74, 6) is -0.0592. The highest BCUT2D eigenvalue weighted by atomic mass is 16.5. The summed E-state index contributed by atoms with van der Waals surface area (Å²) in [6, 6.07) is -0.554. The van der Waals surface area contributed by atoms with Crippen molar-refractivity contribution in [1.29, 1.82) is 0 Å². The number of hydrogen-bond donors (Lipinski definition) is 3. The van der Waals surface area contributed by atoms with Crippen LogP contribution in [0.4, 0.5) is 0 Å². The van der Waals surface area contributed by atoms with E-state index < -0.39 is 12.1 Å². The number of rotatable bonds is 58. The SMILES string of the molecule is CCCCCCCCCCCCCCCCCCCCC(O)C(CO)NC(=O)CCCCCCCCC/C=C\C/C=C\CCCCCOC(=O)CCCCCCCCCCCCCCCCCCC. The number of aliphatic hydroxyl groups excluding tert-OH is 2. The lowest BCUT2D eigenvalue weighted by Crippen LogP contribution is -2.45. The fourth-order valence-electron chi connectivity index (χ4n) is 9.73. The van der Waals surface area contributed by atoms with Crippen LogP contribution < -0.4 is 5.32 Å². The van der Waals surface area contributed by atoms with Gasteiger partial charge < -0.3 is 20.3 Å². The third-order valence-corrected chi connectivity index (χ3v) is 14.5. The van der Waals surface area contributed by atoms with Crippen molar-refractivity contribution < 1.29 is 24.5 Å². The number of carbonyl (C=O) groups is 2. The Bertz CT molecular complexity index is 1080. The molecule has 69 heavy (non-hydrogen) atoms. The summed E-state index contributed by atoms with van der Waals surface area (Å²) in [6.45, 7) is 4.94. The monoisotopic (exact) mass is 972 g/mol. The van der Waals surface area contributed by atoms with Crippen molar-refractivity contribution >= 4 is 11.9 Å². The predicted octanol–water partition coefficient (Wildman–Crippen LogP) is 19.4. The van der Waals surface area contributed by atoms with Gasteiger partial charge in [-0.3, -0.25) is 9.59 Å². The van der Waals surface area contributed by atoms with Gasteiger partial charge in [0, 0.05) is 12.8 Å². The molecule has 408 valence electrons. The summed E-state index contributed by atoms with van der Waals surface area (Å²) in [4.78, 5) is 24.6. The molecule has 0 saturated carbocycles. The highest BCUT2D eigenvalue weighted by Crippen LogP contribution is 2.18. The summed E-state index contributed by atoms with van der Waals surface area (Å²) in [5.41, 5.74) is 0. The lowest BCUT2D eigenvalue weighted by molar-refractivity contribution is -0.143. The van der Waals surface area contributed by atoms with Crippen LogP contribution in [-0.4, -0.2) is 47.4 Å². The zero-order chi connectivity index (χ0) is 50.0. The van der Waals surface area contributed by atoms with Crippen molar-refractivity contribution in [3.05, 3.63) is 24.3 Å². The molecule has 0 spiro atoms. The Balaban J connectivity index is 3.47. The average Bonchev–Trinajstić information content (AvgIpc) is 3.35. The van der Waals surface area contributed by atoms with Gasteiger partial charge in [0.2, 0.25) is 5.91 Å². The van der Waals surface area contributed by atoms with E-state index in [0.29, 0.717) is 25.9 Å². The third-order valence-electron chi connectivity index (χ3n) is 14.5. The highest BCUT2D eigenvalue weighted by molar-refractivity contribution is 5.76. The number of hydrogen-bond acceptors (Lipinski definition) is 5. The normalized spacial score (nSPS) is 12.7. The second-order valence-electron chi connectivity index (χ2n) is 21.4. The maximum Gasteiger partial charge on any atom is 0.305 e. The number of amides is 1. The molecule has 0 bridgehead atoms. The first kappa shape index (κ1) is 67.3. The van der Waals surface area contributed by atoms with Crippen LogP contribution in [0.5, 0.6) is 0 Å². The number of ether oxygens (including phenoxy) is 1. The number of carbonyl (C=O) groups excluding carboxylic acids is 2. The van der Waals surface area contributed by atoms with Crippen molar-refractivity contribution in [2.45, 2.75) is 353 Å². The maximum absolute atomic E-state index is 12.5. The molecule has 0 aliphatic carbocycles. The molecule has 6 heteroatoms. The molecule has 0 saturated heterocycles. The number of aliphatic hydroxyl groups is 2. The van der Waals surface area contributed by atoms with Gasteiger partial charge in [-0.05, 0) is 64.2 Å². The Hall–Kier alpha value is -1.66. The molecule has 2 atom stereocenters. The quantitative estimate of drug-likeness (QED) is 0.0321. The molecule has 0 aliphatic heterocycles. The molecular formula is C63H121NO5. The first-order chi connectivity index (χ1) is 34.0. The molecule has 0 aromatic heterocycles. The Kier molecular flexibility index (Phi) is 57.5. The first-order valence-electron chi connectivity index (χ1n) is 31.1. The van der Waals surface area contributed by atoms with Crippen LogP contribution in [0.25, 0.3) is 0 Å². The van der Waals surface area contributed by atoms with Crippen molar-refractivity contribution in [3.8, 4) is 0 Å². The molecule has 2 unspecified atom stereocenters. The lowest BCUT2D eigenvalue weighted by atomic mass is 10.0. The van der Waals surface area contributed by atoms with Crippen LogP contribution in [0.15, 0.2) is 24.3 Å². The van der Waals surface area contributed by atoms with E-state index in [2.05, 4.69) is 43.5 Å². The van der Waals surface area contributed by atoms with Crippen molar-refractivity contribution in [3.63, 3.8) is 0 Å². The minimum Gasteiger partial charge on any atom is -0.466 e. The molecule has 0 radical (unpaired) electrons. The van der Waals surface area contributed by atoms with Gasteiger partial charge in [-0.25, -0.2) is 0 Å². The number of allylic oxidation sites excluding steroid dienone is 4. The molecule has 0 aliphatic rings. The summed E-state index contributed by atoms with van der Waals surface area (Å²) in [7, 11) is 0. The highest BCUT2D eigenvalue weighted by Gasteiger charge is 2.20. The standard InChI is InChI=1S/C63H121NO5/c1-3-5-7-9-11-13-15-17-19-21-24-27-31-35-39-43-47-51-55-61(66)60(59-65)64-62(67)56-52-48-44-40-36-32-28-25-22-26-30-34-38-42-46-50-54-58-69-63(68)57-53-49-45-41-37-33-29-23-20-18-16-14-12-10-8-6-4-2/h22,26,34,38,60-61,65-66H,3-21,23-25,27-33,35-37,39-59H2,1-2H3,(H,64,67)/b26-22-,38-34-. The van der Waals surface area contributed by atoms with Crippen molar-refractivity contribution in [2.24, 2.45) is 0 Å². The van der Waals surface area contributed by atoms with Gasteiger partial charge in [-0.1, -0.05) is 289 Å². The first-order valence-corrected chi connectivity index (χ1v) is 31.1. The fourth-order valence-corrected chi connectivity index (χ4v) is 9.73. The molecule has 0 fully saturated rings. The lowest BCUT2D eigenvalue weighted by Gasteiger charge is -2.22. The maximum atomic E-state index is 12.5. The smallest absolute Gasteiger partial charge is 0.305 e. The third kappa shape index (κ3) is 55.5. The second-order valence-corrected chi connectivity index (χ2v) is 21.4. The molecular weight excluding hydrogens is 851 g/mol. The van der Waals surface area contributed by atoms with E-state index in [0.717, 1.165) is 83.5 Å². The minimum atomic E-state index is -0.675. The van der Waals surface area contributed by atoms with Gasteiger partial charge >= 0.3 is 5.97 Å². The number of unbranched alkanes of at least 4 members (excludes halogenated alkanes) is 43. The zero-order valence-electron chi connectivity index (χ0n) is 46.6. The van der Waals surface area contributed by atoms with Crippen molar-refractivity contribution in [1.82, 2.24) is 5.32 Å². The Morgan fingerprint density at radius 1 is 0.406 bits per heavy atom. The van der Waals surface area contributed by atoms with E-state index in [1.807, 2.05) is 0 Å². The fraction of sp³-hybridized carbons (Fsp3) is 0.905. The van der Waals surface area contributed by atoms with Crippen LogP contribution in [0, 0.1) is 0 Å². The average molecular weight is 973 g/mol. The summed E-state index contributed by atoms with van der Waals surface area (Å²) in [5, 5.41) is 23.3. The summed E-state index contributed by atoms with van der Waals surface area (Å²) >= 11 is 0. The number of nitrogens with one attached hydrogen (secondary N) is 1. The topological polar surface area (TPSA) is 95.9 Å². The number of esters is 1. The van der Waals surface area contributed by atoms with Gasteiger partial charge in [0.15, 0.2) is 0 Å². The summed E-state index contributed by atoms with van der Waals surface area (Å²) in [6.07, 6.45) is 71.8. The largest absolute Gasteiger partial charge is 0.466 e. The molecule has 6 nitrogen and oxygen atoms in total. The van der Waals surface area contributed by atoms with Gasteiger partial charge in [-0.2, -0.15) is 0 Å². The Morgan fingerprint density at radius 3 is 1.10 bits per heavy atom. The molecule has 0 aromatic carbocycles. The van der Waals surface area contributed by atoms with E-state index in [1.165, 1.54) is 225 Å². The molecule has 0 aromatic rings. The van der Waals surface area contributed by atoms with E-state index >= 15 is 0 Å². The van der Waals surface area contributed by atoms with Crippen LogP contribution in [0.2, 0.25) is 0 Å². The van der Waals surface area contributed by atoms with Crippen LogP contribution >= 0.6 is 0 Å².